The highest BCUT2D eigenvalue weighted by Gasteiger charge is 2.18. The Bertz CT molecular complexity index is 562. The third kappa shape index (κ3) is 4.03. The van der Waals surface area contributed by atoms with E-state index < -0.39 is 39.1 Å². The largest absolute Gasteiger partial charge is 0.481 e. The van der Waals surface area contributed by atoms with E-state index in [1.165, 1.54) is 12.1 Å². The third-order valence-corrected chi connectivity index (χ3v) is 2.54. The summed E-state index contributed by atoms with van der Waals surface area (Å²) >= 11 is 0. The van der Waals surface area contributed by atoms with Crippen molar-refractivity contribution in [3.63, 3.8) is 0 Å². The van der Waals surface area contributed by atoms with Crippen LogP contribution in [-0.4, -0.2) is 30.0 Å². The molecule has 0 amide bonds. The van der Waals surface area contributed by atoms with Gasteiger partial charge in [0.1, 0.15) is 11.3 Å². The van der Waals surface area contributed by atoms with Gasteiger partial charge >= 0.3 is 11.9 Å². The first-order valence-corrected chi connectivity index (χ1v) is 5.90. The molecule has 1 aromatic rings. The van der Waals surface area contributed by atoms with Gasteiger partial charge < -0.3 is 5.11 Å². The minimum atomic E-state index is -4.54. The van der Waals surface area contributed by atoms with Gasteiger partial charge in [-0.1, -0.05) is 12.1 Å². The second kappa shape index (κ2) is 5.47. The van der Waals surface area contributed by atoms with Gasteiger partial charge in [-0.25, -0.2) is 9.68 Å². The van der Waals surface area contributed by atoms with Gasteiger partial charge in [-0.15, -0.1) is 0 Å². The molecule has 0 heterocycles. The van der Waals surface area contributed by atoms with E-state index >= 15 is 0 Å². The molecule has 0 fully saturated rings. The zero-order valence-corrected chi connectivity index (χ0v) is 9.59. The molecular formula is C9H8O8S. The molecule has 8 nitrogen and oxygen atoms in total. The Hall–Kier alpha value is -2.13. The van der Waals surface area contributed by atoms with E-state index in [0.29, 0.717) is 0 Å². The van der Waals surface area contributed by atoms with Crippen molar-refractivity contribution < 1.29 is 37.4 Å². The van der Waals surface area contributed by atoms with E-state index in [0.717, 1.165) is 12.1 Å². The molecule has 0 aromatic heterocycles. The van der Waals surface area contributed by atoms with Crippen LogP contribution in [0, 0.1) is 0 Å². The summed E-state index contributed by atoms with van der Waals surface area (Å²) in [6, 6.07) is 4.83. The van der Waals surface area contributed by atoms with Crippen molar-refractivity contribution in [2.75, 3.05) is 0 Å². The summed E-state index contributed by atoms with van der Waals surface area (Å²) in [4.78, 5) is 28.9. The molecule has 0 radical (unpaired) electrons. The van der Waals surface area contributed by atoms with E-state index in [1.54, 1.807) is 0 Å². The Kier molecular flexibility index (Phi) is 4.23. The summed E-state index contributed by atoms with van der Waals surface area (Å²) in [5.41, 5.74) is 0. The maximum Gasteiger partial charge on any atom is 0.366 e. The average Bonchev–Trinajstić information content (AvgIpc) is 2.24. The first kappa shape index (κ1) is 13.9. The lowest BCUT2D eigenvalue weighted by atomic mass is 10.3. The van der Waals surface area contributed by atoms with E-state index in [1.807, 2.05) is 0 Å². The van der Waals surface area contributed by atoms with Crippen molar-refractivity contribution in [1.82, 2.24) is 0 Å². The fourth-order valence-corrected chi connectivity index (χ4v) is 1.58. The number of hydrogen-bond donors (Lipinski definition) is 2. The number of para-hydroxylation sites is 1. The normalized spacial score (nSPS) is 10.7. The van der Waals surface area contributed by atoms with Crippen molar-refractivity contribution >= 4 is 22.1 Å². The van der Waals surface area contributed by atoms with Crippen LogP contribution in [0.5, 0.6) is 5.75 Å². The SMILES string of the molecule is O=C(O)CC(=O)OOc1ccccc1S(=O)(=O)O. The highest BCUT2D eigenvalue weighted by molar-refractivity contribution is 7.86. The van der Waals surface area contributed by atoms with E-state index in [-0.39, 0.29) is 0 Å². The van der Waals surface area contributed by atoms with Crippen LogP contribution >= 0.6 is 0 Å². The van der Waals surface area contributed by atoms with Gasteiger partial charge in [0.15, 0.2) is 5.75 Å². The molecule has 1 aromatic carbocycles. The average molecular weight is 276 g/mol. The summed E-state index contributed by atoms with van der Waals surface area (Å²) in [6.07, 6.45) is -0.936. The van der Waals surface area contributed by atoms with E-state index in [9.17, 15) is 18.0 Å². The number of rotatable bonds is 5. The van der Waals surface area contributed by atoms with Crippen LogP contribution in [0.2, 0.25) is 0 Å². The van der Waals surface area contributed by atoms with Crippen LogP contribution in [0.4, 0.5) is 0 Å². The number of benzene rings is 1. The van der Waals surface area contributed by atoms with Crippen molar-refractivity contribution in [3.05, 3.63) is 24.3 Å². The maximum absolute atomic E-state index is 10.9. The summed E-state index contributed by atoms with van der Waals surface area (Å²) in [5, 5.41) is 8.27. The van der Waals surface area contributed by atoms with Gasteiger partial charge in [-0.05, 0) is 12.1 Å². The molecule has 0 atom stereocenters. The van der Waals surface area contributed by atoms with Crippen LogP contribution in [0.3, 0.4) is 0 Å². The molecule has 0 unspecified atom stereocenters. The standard InChI is InChI=1S/C9H8O8S/c10-8(11)5-9(12)17-16-6-3-1-2-4-7(6)18(13,14)15/h1-4H,5H2,(H,10,11)(H,13,14,15). The summed E-state index contributed by atoms with van der Waals surface area (Å²) in [5.74, 6) is -3.07. The maximum atomic E-state index is 10.9. The first-order chi connectivity index (χ1) is 8.30. The fourth-order valence-electron chi connectivity index (χ4n) is 0.976. The smallest absolute Gasteiger partial charge is 0.366 e. The molecule has 0 bridgehead atoms. The van der Waals surface area contributed by atoms with Crippen molar-refractivity contribution in [1.29, 1.82) is 0 Å². The van der Waals surface area contributed by atoms with Gasteiger partial charge in [-0.2, -0.15) is 8.42 Å². The zero-order valence-electron chi connectivity index (χ0n) is 8.77. The zero-order chi connectivity index (χ0) is 13.8. The number of carbonyl (C=O) groups excluding carboxylic acids is 1. The molecule has 0 aliphatic rings. The minimum Gasteiger partial charge on any atom is -0.481 e. The summed E-state index contributed by atoms with van der Waals surface area (Å²) in [6.45, 7) is 0. The third-order valence-electron chi connectivity index (χ3n) is 1.65. The predicted octanol–water partition coefficient (Wildman–Crippen LogP) is 0.245. The minimum absolute atomic E-state index is 0.432. The molecule has 0 spiro atoms. The van der Waals surface area contributed by atoms with Crippen LogP contribution in [0.1, 0.15) is 6.42 Å². The molecular weight excluding hydrogens is 268 g/mol. The van der Waals surface area contributed by atoms with Crippen LogP contribution in [0.25, 0.3) is 0 Å². The van der Waals surface area contributed by atoms with Gasteiger partial charge in [0.25, 0.3) is 10.1 Å². The Labute approximate surface area is 101 Å². The monoisotopic (exact) mass is 276 g/mol. The number of carboxylic acid groups (broad SMARTS) is 1. The lowest BCUT2D eigenvalue weighted by Crippen LogP contribution is -2.13. The molecule has 0 aliphatic carbocycles. The first-order valence-electron chi connectivity index (χ1n) is 4.46. The van der Waals surface area contributed by atoms with E-state index in [4.69, 9.17) is 9.66 Å². The molecule has 0 saturated heterocycles. The lowest BCUT2D eigenvalue weighted by Gasteiger charge is -2.06. The second-order valence-electron chi connectivity index (χ2n) is 3.03. The second-order valence-corrected chi connectivity index (χ2v) is 4.42. The number of hydrogen-bond acceptors (Lipinski definition) is 6. The molecule has 0 aliphatic heterocycles. The van der Waals surface area contributed by atoms with Crippen molar-refractivity contribution in [2.45, 2.75) is 11.3 Å². The van der Waals surface area contributed by atoms with Crippen molar-refractivity contribution in [2.24, 2.45) is 0 Å². The molecule has 98 valence electrons. The van der Waals surface area contributed by atoms with Crippen LogP contribution in [0.15, 0.2) is 29.2 Å². The number of carbonyl (C=O) groups is 2. The Balaban J connectivity index is 2.80. The van der Waals surface area contributed by atoms with Crippen LogP contribution < -0.4 is 4.89 Å². The highest BCUT2D eigenvalue weighted by atomic mass is 32.2. The highest BCUT2D eigenvalue weighted by Crippen LogP contribution is 2.23. The molecule has 0 saturated carbocycles. The summed E-state index contributed by atoms with van der Waals surface area (Å²) in [7, 11) is -4.54. The number of aliphatic carboxylic acids is 1. The number of carboxylic acids is 1. The van der Waals surface area contributed by atoms with Gasteiger partial charge in [-0.3, -0.25) is 14.2 Å². The van der Waals surface area contributed by atoms with Gasteiger partial charge in [0, 0.05) is 0 Å². The predicted molar refractivity (Wildman–Crippen MR) is 55.2 cm³/mol. The molecule has 1 rings (SSSR count). The van der Waals surface area contributed by atoms with Crippen molar-refractivity contribution in [3.8, 4) is 5.75 Å². The summed E-state index contributed by atoms with van der Waals surface area (Å²) < 4.78 is 30.7. The van der Waals surface area contributed by atoms with E-state index in [2.05, 4.69) is 9.78 Å². The lowest BCUT2D eigenvalue weighted by molar-refractivity contribution is -0.215. The molecule has 9 heteroatoms. The quantitative estimate of drug-likeness (QED) is 0.339. The van der Waals surface area contributed by atoms with Gasteiger partial charge in [0.2, 0.25) is 0 Å². The molecule has 18 heavy (non-hydrogen) atoms. The van der Waals surface area contributed by atoms with Gasteiger partial charge in [0.05, 0.1) is 0 Å². The van der Waals surface area contributed by atoms with Crippen LogP contribution in [-0.2, 0) is 24.6 Å². The topological polar surface area (TPSA) is 127 Å². The fraction of sp³-hybridized carbons (Fsp3) is 0.111. The Morgan fingerprint density at radius 3 is 2.39 bits per heavy atom. The Morgan fingerprint density at radius 1 is 1.22 bits per heavy atom. The molecule has 2 N–H and O–H groups in total. The Morgan fingerprint density at radius 2 is 1.83 bits per heavy atom.